The molecule has 0 spiro atoms. The third kappa shape index (κ3) is 1.07. The molecule has 1 aliphatic heterocycles. The van der Waals surface area contributed by atoms with Gasteiger partial charge in [0.05, 0.1) is 13.6 Å². The van der Waals surface area contributed by atoms with Crippen LogP contribution in [0.3, 0.4) is 0 Å². The van der Waals surface area contributed by atoms with Crippen molar-refractivity contribution in [2.75, 3.05) is 11.9 Å². The summed E-state index contributed by atoms with van der Waals surface area (Å²) in [5, 5.41) is 3.43. The monoisotopic (exact) mass is 163 g/mol. The average molecular weight is 163 g/mol. The molecule has 2 heteroatoms. The molecule has 1 aromatic heterocycles. The molecule has 2 heterocycles. The van der Waals surface area contributed by atoms with Crippen LogP contribution in [-0.4, -0.2) is 6.54 Å². The molecular formula is C10H15N2+. The summed E-state index contributed by atoms with van der Waals surface area (Å²) in [6.07, 6.45) is 2.48. The van der Waals surface area contributed by atoms with Gasteiger partial charge < -0.3 is 0 Å². The number of fused-ring (bicyclic) bond motifs is 1. The lowest BCUT2D eigenvalue weighted by Gasteiger charge is -2.14. The highest BCUT2D eigenvalue weighted by Crippen LogP contribution is 2.17. The fourth-order valence-electron chi connectivity index (χ4n) is 1.72. The van der Waals surface area contributed by atoms with Gasteiger partial charge in [-0.05, 0) is 31.9 Å². The van der Waals surface area contributed by atoms with Gasteiger partial charge in [-0.25, -0.2) is 4.57 Å². The van der Waals surface area contributed by atoms with Gasteiger partial charge in [-0.2, -0.15) is 0 Å². The van der Waals surface area contributed by atoms with Gasteiger partial charge in [0, 0.05) is 5.56 Å². The Morgan fingerprint density at radius 2 is 2.25 bits per heavy atom. The Balaban J connectivity index is 2.54. The third-order valence-corrected chi connectivity index (χ3v) is 2.61. The predicted octanol–water partition coefficient (Wildman–Crippen LogP) is 1.18. The zero-order valence-electron chi connectivity index (χ0n) is 7.72. The van der Waals surface area contributed by atoms with E-state index >= 15 is 0 Å². The Hall–Kier alpha value is -1.05. The van der Waals surface area contributed by atoms with E-state index in [0.717, 1.165) is 6.54 Å². The minimum absolute atomic E-state index is 1.12. The lowest BCUT2D eigenvalue weighted by Crippen LogP contribution is -2.38. The van der Waals surface area contributed by atoms with E-state index in [1.807, 2.05) is 0 Å². The molecule has 0 aliphatic carbocycles. The van der Waals surface area contributed by atoms with Crippen molar-refractivity contribution in [2.45, 2.75) is 19.8 Å². The number of nitrogens with zero attached hydrogens (tertiary/aromatic N) is 1. The number of rotatable bonds is 0. The van der Waals surface area contributed by atoms with Crippen molar-refractivity contribution in [2.24, 2.45) is 7.05 Å². The number of hydrogen-bond donors (Lipinski definition) is 1. The van der Waals surface area contributed by atoms with Crippen LogP contribution in [0, 0.1) is 6.92 Å². The summed E-state index contributed by atoms with van der Waals surface area (Å²) in [5.74, 6) is 1.31. The van der Waals surface area contributed by atoms with Gasteiger partial charge in [0.2, 0.25) is 0 Å². The van der Waals surface area contributed by atoms with E-state index in [1.54, 1.807) is 0 Å². The van der Waals surface area contributed by atoms with Gasteiger partial charge in [0.15, 0.2) is 0 Å². The first-order valence-electron chi connectivity index (χ1n) is 4.51. The highest BCUT2D eigenvalue weighted by Gasteiger charge is 2.17. The molecule has 0 unspecified atom stereocenters. The summed E-state index contributed by atoms with van der Waals surface area (Å²) in [7, 11) is 2.12. The minimum atomic E-state index is 1.12. The normalized spacial score (nSPS) is 15.2. The first kappa shape index (κ1) is 7.59. The summed E-state index contributed by atoms with van der Waals surface area (Å²) in [6, 6.07) is 4.42. The maximum absolute atomic E-state index is 3.43. The van der Waals surface area contributed by atoms with Crippen LogP contribution in [0.4, 0.5) is 5.82 Å². The molecule has 1 aromatic rings. The third-order valence-electron chi connectivity index (χ3n) is 2.61. The second-order valence-corrected chi connectivity index (χ2v) is 3.44. The van der Waals surface area contributed by atoms with Crippen molar-refractivity contribution in [1.82, 2.24) is 0 Å². The van der Waals surface area contributed by atoms with Crippen LogP contribution < -0.4 is 9.88 Å². The molecule has 0 saturated heterocycles. The SMILES string of the molecule is Cc1ccc2c([n+]1C)NCCC2. The summed E-state index contributed by atoms with van der Waals surface area (Å²) >= 11 is 0. The van der Waals surface area contributed by atoms with Gasteiger partial charge in [-0.1, -0.05) is 0 Å². The van der Waals surface area contributed by atoms with E-state index in [2.05, 4.69) is 36.0 Å². The number of pyridine rings is 1. The minimum Gasteiger partial charge on any atom is -0.274 e. The molecule has 1 aliphatic rings. The predicted molar refractivity (Wildman–Crippen MR) is 49.2 cm³/mol. The van der Waals surface area contributed by atoms with Gasteiger partial charge >= 0.3 is 0 Å². The molecule has 0 amide bonds. The largest absolute Gasteiger partial charge is 0.277 e. The van der Waals surface area contributed by atoms with Crippen LogP contribution in [0.1, 0.15) is 17.7 Å². The lowest BCUT2D eigenvalue weighted by molar-refractivity contribution is -0.664. The zero-order chi connectivity index (χ0) is 8.55. The smallest absolute Gasteiger partial charge is 0.274 e. The maximum Gasteiger partial charge on any atom is 0.277 e. The summed E-state index contributed by atoms with van der Waals surface area (Å²) in [6.45, 7) is 3.25. The van der Waals surface area contributed by atoms with Crippen molar-refractivity contribution in [3.8, 4) is 0 Å². The molecule has 2 nitrogen and oxygen atoms in total. The average Bonchev–Trinajstić information content (AvgIpc) is 2.12. The molecule has 1 N–H and O–H groups in total. The Labute approximate surface area is 73.2 Å². The van der Waals surface area contributed by atoms with Crippen LogP contribution in [0.2, 0.25) is 0 Å². The van der Waals surface area contributed by atoms with Crippen LogP contribution >= 0.6 is 0 Å². The fourth-order valence-corrected chi connectivity index (χ4v) is 1.72. The van der Waals surface area contributed by atoms with Gasteiger partial charge in [0.1, 0.15) is 5.69 Å². The van der Waals surface area contributed by atoms with Gasteiger partial charge in [-0.3, -0.25) is 5.32 Å². The van der Waals surface area contributed by atoms with E-state index in [1.165, 1.54) is 29.9 Å². The van der Waals surface area contributed by atoms with E-state index in [4.69, 9.17) is 0 Å². The van der Waals surface area contributed by atoms with Crippen LogP contribution in [0.15, 0.2) is 12.1 Å². The van der Waals surface area contributed by atoms with Crippen molar-refractivity contribution >= 4 is 5.82 Å². The van der Waals surface area contributed by atoms with Crippen LogP contribution in [0.5, 0.6) is 0 Å². The number of aromatic nitrogens is 1. The molecule has 0 fully saturated rings. The topological polar surface area (TPSA) is 15.9 Å². The first-order chi connectivity index (χ1) is 5.79. The molecule has 0 saturated carbocycles. The first-order valence-corrected chi connectivity index (χ1v) is 4.51. The molecule has 0 radical (unpaired) electrons. The van der Waals surface area contributed by atoms with Crippen molar-refractivity contribution in [3.63, 3.8) is 0 Å². The summed E-state index contributed by atoms with van der Waals surface area (Å²) in [5.41, 5.74) is 2.76. The van der Waals surface area contributed by atoms with Crippen molar-refractivity contribution in [1.29, 1.82) is 0 Å². The number of nitrogens with one attached hydrogen (secondary N) is 1. The number of anilines is 1. The molecule has 0 bridgehead atoms. The van der Waals surface area contributed by atoms with Crippen LogP contribution in [0.25, 0.3) is 0 Å². The fraction of sp³-hybridized carbons (Fsp3) is 0.500. The molecule has 64 valence electrons. The molecule has 2 rings (SSSR count). The van der Waals surface area contributed by atoms with Crippen molar-refractivity contribution in [3.05, 3.63) is 23.4 Å². The quantitative estimate of drug-likeness (QED) is 0.568. The lowest BCUT2D eigenvalue weighted by atomic mass is 10.1. The molecule has 12 heavy (non-hydrogen) atoms. The molecule has 0 atom stereocenters. The van der Waals surface area contributed by atoms with Gasteiger partial charge in [-0.15, -0.1) is 0 Å². The summed E-state index contributed by atoms with van der Waals surface area (Å²) in [4.78, 5) is 0. The van der Waals surface area contributed by atoms with E-state index in [-0.39, 0.29) is 0 Å². The van der Waals surface area contributed by atoms with Crippen LogP contribution in [-0.2, 0) is 13.5 Å². The number of hydrogen-bond acceptors (Lipinski definition) is 1. The number of aryl methyl sites for hydroxylation is 2. The highest BCUT2D eigenvalue weighted by molar-refractivity contribution is 5.41. The summed E-state index contributed by atoms with van der Waals surface area (Å²) < 4.78 is 2.23. The van der Waals surface area contributed by atoms with E-state index in [9.17, 15) is 0 Å². The Morgan fingerprint density at radius 1 is 1.42 bits per heavy atom. The Morgan fingerprint density at radius 3 is 3.08 bits per heavy atom. The second-order valence-electron chi connectivity index (χ2n) is 3.44. The zero-order valence-corrected chi connectivity index (χ0v) is 7.72. The highest BCUT2D eigenvalue weighted by atomic mass is 15.1. The second kappa shape index (κ2) is 2.77. The Kier molecular flexibility index (Phi) is 1.75. The van der Waals surface area contributed by atoms with E-state index in [0.29, 0.717) is 0 Å². The Bertz CT molecular complexity index is 305. The molecule has 0 aromatic carbocycles. The molecular weight excluding hydrogens is 148 g/mol. The standard InChI is InChI=1S/C10H14N2/c1-8-5-6-9-4-3-7-11-10(9)12(8)2/h5-6H,3-4,7H2,1-2H3/p+1. The van der Waals surface area contributed by atoms with Crippen molar-refractivity contribution < 1.29 is 4.57 Å². The van der Waals surface area contributed by atoms with Gasteiger partial charge in [0.25, 0.3) is 5.82 Å². The van der Waals surface area contributed by atoms with E-state index < -0.39 is 0 Å². The maximum atomic E-state index is 3.43.